The van der Waals surface area contributed by atoms with Crippen LogP contribution in [0.1, 0.15) is 4.88 Å². The zero-order valence-electron chi connectivity index (χ0n) is 7.77. The van der Waals surface area contributed by atoms with Gasteiger partial charge in [-0.2, -0.15) is 0 Å². The standard InChI is InChI=1S/C11H10OS2/c1-9-7-8-11(13-9)14(12)10-5-3-2-4-6-10/h2-8H,1H3. The van der Waals surface area contributed by atoms with E-state index in [1.165, 1.54) is 4.88 Å². The molecule has 0 radical (unpaired) electrons. The minimum atomic E-state index is -1.01. The number of rotatable bonds is 2. The lowest BCUT2D eigenvalue weighted by atomic mass is 10.4. The average Bonchev–Trinajstić information content (AvgIpc) is 2.65. The van der Waals surface area contributed by atoms with Crippen LogP contribution in [0.2, 0.25) is 0 Å². The van der Waals surface area contributed by atoms with Gasteiger partial charge >= 0.3 is 0 Å². The van der Waals surface area contributed by atoms with E-state index in [-0.39, 0.29) is 0 Å². The van der Waals surface area contributed by atoms with Gasteiger partial charge in [-0.05, 0) is 31.2 Å². The summed E-state index contributed by atoms with van der Waals surface area (Å²) in [5.41, 5.74) is 0. The molecule has 0 aliphatic heterocycles. The van der Waals surface area contributed by atoms with E-state index in [2.05, 4.69) is 0 Å². The van der Waals surface area contributed by atoms with Gasteiger partial charge < -0.3 is 0 Å². The highest BCUT2D eigenvalue weighted by atomic mass is 32.2. The second-order valence-corrected chi connectivity index (χ2v) is 5.94. The Morgan fingerprint density at radius 2 is 1.79 bits per heavy atom. The van der Waals surface area contributed by atoms with Gasteiger partial charge in [0.15, 0.2) is 0 Å². The summed E-state index contributed by atoms with van der Waals surface area (Å²) in [6.45, 7) is 2.02. The first kappa shape index (κ1) is 9.62. The van der Waals surface area contributed by atoms with Crippen molar-refractivity contribution in [3.05, 3.63) is 47.3 Å². The maximum absolute atomic E-state index is 12.0. The molecule has 0 saturated carbocycles. The van der Waals surface area contributed by atoms with Crippen LogP contribution in [0.4, 0.5) is 0 Å². The largest absolute Gasteiger partial charge is 0.248 e. The fourth-order valence-electron chi connectivity index (χ4n) is 1.17. The third-order valence-corrected chi connectivity index (χ3v) is 4.56. The Labute approximate surface area is 89.9 Å². The Bertz CT molecular complexity index is 445. The van der Waals surface area contributed by atoms with Gasteiger partial charge in [-0.25, -0.2) is 4.21 Å². The number of hydrogen-bond acceptors (Lipinski definition) is 2. The number of benzene rings is 1. The molecule has 0 fully saturated rings. The van der Waals surface area contributed by atoms with Crippen LogP contribution in [0, 0.1) is 6.92 Å². The Hall–Kier alpha value is -0.930. The molecule has 0 spiro atoms. The van der Waals surface area contributed by atoms with Crippen molar-refractivity contribution in [1.29, 1.82) is 0 Å². The van der Waals surface area contributed by atoms with Crippen molar-refractivity contribution in [3.63, 3.8) is 0 Å². The maximum atomic E-state index is 12.0. The first-order valence-corrected chi connectivity index (χ1v) is 6.27. The van der Waals surface area contributed by atoms with Gasteiger partial charge in [-0.1, -0.05) is 18.2 Å². The molecule has 0 amide bonds. The highest BCUT2D eigenvalue weighted by molar-refractivity contribution is 7.87. The van der Waals surface area contributed by atoms with Gasteiger partial charge in [0.2, 0.25) is 0 Å². The molecule has 1 unspecified atom stereocenters. The third kappa shape index (κ3) is 1.94. The highest BCUT2D eigenvalue weighted by Crippen LogP contribution is 2.23. The molecular formula is C11H10OS2. The Morgan fingerprint density at radius 3 is 2.36 bits per heavy atom. The van der Waals surface area contributed by atoms with Crippen molar-refractivity contribution in [2.45, 2.75) is 16.0 Å². The van der Waals surface area contributed by atoms with Crippen molar-refractivity contribution in [2.75, 3.05) is 0 Å². The lowest BCUT2D eigenvalue weighted by Crippen LogP contribution is -1.87. The molecule has 0 aliphatic rings. The second kappa shape index (κ2) is 4.07. The van der Waals surface area contributed by atoms with E-state index in [1.54, 1.807) is 11.3 Å². The lowest BCUT2D eigenvalue weighted by molar-refractivity contribution is 0.684. The summed E-state index contributed by atoms with van der Waals surface area (Å²) in [5, 5.41) is 0. The van der Waals surface area contributed by atoms with Crippen LogP contribution in [-0.4, -0.2) is 4.21 Å². The van der Waals surface area contributed by atoms with Crippen LogP contribution in [0.25, 0.3) is 0 Å². The molecule has 0 aliphatic carbocycles. The van der Waals surface area contributed by atoms with E-state index in [4.69, 9.17) is 0 Å². The van der Waals surface area contributed by atoms with Crippen LogP contribution in [0.15, 0.2) is 51.6 Å². The summed E-state index contributed by atoms with van der Waals surface area (Å²) in [6.07, 6.45) is 0. The fraction of sp³-hybridized carbons (Fsp3) is 0.0909. The van der Waals surface area contributed by atoms with Crippen molar-refractivity contribution >= 4 is 22.1 Å². The summed E-state index contributed by atoms with van der Waals surface area (Å²) >= 11 is 1.59. The van der Waals surface area contributed by atoms with Gasteiger partial charge in [0.1, 0.15) is 0 Å². The summed E-state index contributed by atoms with van der Waals surface area (Å²) < 4.78 is 12.9. The molecule has 2 aromatic rings. The highest BCUT2D eigenvalue weighted by Gasteiger charge is 2.07. The molecule has 72 valence electrons. The predicted molar refractivity (Wildman–Crippen MR) is 60.2 cm³/mol. The van der Waals surface area contributed by atoms with E-state index in [0.717, 1.165) is 9.10 Å². The zero-order valence-corrected chi connectivity index (χ0v) is 9.40. The normalized spacial score (nSPS) is 12.6. The molecule has 1 aromatic heterocycles. The molecule has 0 bridgehead atoms. The van der Waals surface area contributed by atoms with Gasteiger partial charge in [-0.15, -0.1) is 11.3 Å². The first-order chi connectivity index (χ1) is 6.77. The molecule has 1 heterocycles. The van der Waals surface area contributed by atoms with E-state index >= 15 is 0 Å². The van der Waals surface area contributed by atoms with Crippen LogP contribution in [0.5, 0.6) is 0 Å². The maximum Gasteiger partial charge on any atom is 0.0962 e. The molecule has 1 atom stereocenters. The molecule has 1 aromatic carbocycles. The Balaban J connectivity index is 2.34. The summed E-state index contributed by atoms with van der Waals surface area (Å²) in [5.74, 6) is 0. The van der Waals surface area contributed by atoms with Crippen LogP contribution < -0.4 is 0 Å². The third-order valence-electron chi connectivity index (χ3n) is 1.86. The van der Waals surface area contributed by atoms with Crippen molar-refractivity contribution in [2.24, 2.45) is 0 Å². The van der Waals surface area contributed by atoms with Crippen LogP contribution >= 0.6 is 11.3 Å². The summed E-state index contributed by atoms with van der Waals surface area (Å²) in [7, 11) is -1.01. The van der Waals surface area contributed by atoms with E-state index in [1.807, 2.05) is 49.4 Å². The lowest BCUT2D eigenvalue weighted by Gasteiger charge is -1.97. The topological polar surface area (TPSA) is 17.1 Å². The minimum Gasteiger partial charge on any atom is -0.248 e. The summed E-state index contributed by atoms with van der Waals surface area (Å²) in [4.78, 5) is 2.07. The molecule has 0 N–H and O–H groups in total. The Morgan fingerprint density at radius 1 is 1.07 bits per heavy atom. The smallest absolute Gasteiger partial charge is 0.0962 e. The molecule has 1 nitrogen and oxygen atoms in total. The molecular weight excluding hydrogens is 212 g/mol. The number of aryl methyl sites for hydroxylation is 1. The average molecular weight is 222 g/mol. The molecule has 3 heteroatoms. The van der Waals surface area contributed by atoms with Crippen LogP contribution in [0.3, 0.4) is 0 Å². The minimum absolute atomic E-state index is 0.870. The fourth-order valence-corrected chi connectivity index (χ4v) is 3.58. The van der Waals surface area contributed by atoms with Gasteiger partial charge in [0.05, 0.1) is 15.0 Å². The second-order valence-electron chi connectivity index (χ2n) is 2.95. The molecule has 0 saturated heterocycles. The van der Waals surface area contributed by atoms with E-state index in [0.29, 0.717) is 0 Å². The van der Waals surface area contributed by atoms with Crippen molar-refractivity contribution in [3.8, 4) is 0 Å². The number of thiophene rings is 1. The zero-order chi connectivity index (χ0) is 9.97. The van der Waals surface area contributed by atoms with E-state index in [9.17, 15) is 4.21 Å². The predicted octanol–water partition coefficient (Wildman–Crippen LogP) is 3.22. The Kier molecular flexibility index (Phi) is 2.79. The van der Waals surface area contributed by atoms with E-state index < -0.39 is 10.8 Å². The number of hydrogen-bond donors (Lipinski definition) is 0. The molecule has 2 rings (SSSR count). The SMILES string of the molecule is Cc1ccc(S(=O)c2ccccc2)s1. The first-order valence-electron chi connectivity index (χ1n) is 4.30. The van der Waals surface area contributed by atoms with Gasteiger partial charge in [-0.3, -0.25) is 0 Å². The van der Waals surface area contributed by atoms with Crippen LogP contribution in [-0.2, 0) is 10.8 Å². The van der Waals surface area contributed by atoms with Crippen molar-refractivity contribution in [1.82, 2.24) is 0 Å². The molecule has 14 heavy (non-hydrogen) atoms. The van der Waals surface area contributed by atoms with Gasteiger partial charge in [0.25, 0.3) is 0 Å². The van der Waals surface area contributed by atoms with Crippen molar-refractivity contribution < 1.29 is 4.21 Å². The quantitative estimate of drug-likeness (QED) is 0.762. The monoisotopic (exact) mass is 222 g/mol. The van der Waals surface area contributed by atoms with Gasteiger partial charge in [0, 0.05) is 9.77 Å². The summed E-state index contributed by atoms with van der Waals surface area (Å²) in [6, 6.07) is 13.5.